The molecule has 0 unspecified atom stereocenters. The molecule has 3 nitrogen and oxygen atoms in total. The molecule has 2 rings (SSSR count). The van der Waals surface area contributed by atoms with Gasteiger partial charge in [-0.15, -0.1) is 0 Å². The number of halogens is 1. The molecule has 0 radical (unpaired) electrons. The highest BCUT2D eigenvalue weighted by molar-refractivity contribution is 5.46. The van der Waals surface area contributed by atoms with E-state index in [0.29, 0.717) is 6.54 Å². The maximum absolute atomic E-state index is 13.3. The maximum Gasteiger partial charge on any atom is 0.125 e. The average molecular weight is 261 g/mol. The predicted octanol–water partition coefficient (Wildman–Crippen LogP) is 3.70. The molecule has 19 heavy (non-hydrogen) atoms. The lowest BCUT2D eigenvalue weighted by atomic mass is 10.1. The Morgan fingerprint density at radius 1 is 1.26 bits per heavy atom. The van der Waals surface area contributed by atoms with Crippen molar-refractivity contribution in [2.24, 2.45) is 0 Å². The van der Waals surface area contributed by atoms with Crippen molar-refractivity contribution in [2.45, 2.75) is 39.8 Å². The molecule has 0 aliphatic carbocycles. The number of nitrogens with zero attached hydrogens (tertiary/aromatic N) is 2. The third-order valence-electron chi connectivity index (χ3n) is 2.86. The van der Waals surface area contributed by atoms with Crippen LogP contribution in [0.3, 0.4) is 0 Å². The number of aryl methyl sites for hydroxylation is 1. The summed E-state index contributed by atoms with van der Waals surface area (Å²) in [5.74, 6) is -0.215. The van der Waals surface area contributed by atoms with E-state index in [-0.39, 0.29) is 11.4 Å². The Labute approximate surface area is 113 Å². The van der Waals surface area contributed by atoms with E-state index in [2.05, 4.69) is 31.2 Å². The van der Waals surface area contributed by atoms with Crippen LogP contribution in [-0.4, -0.2) is 9.78 Å². The average Bonchev–Trinajstić information content (AvgIpc) is 2.73. The lowest BCUT2D eigenvalue weighted by Gasteiger charge is -2.18. The Bertz CT molecular complexity index is 547. The van der Waals surface area contributed by atoms with Crippen molar-refractivity contribution in [2.75, 3.05) is 5.32 Å². The van der Waals surface area contributed by atoms with Crippen LogP contribution in [0.25, 0.3) is 0 Å². The highest BCUT2D eigenvalue weighted by Gasteiger charge is 2.13. The zero-order valence-electron chi connectivity index (χ0n) is 11.9. The van der Waals surface area contributed by atoms with Gasteiger partial charge in [-0.05, 0) is 51.5 Å². The first-order valence-corrected chi connectivity index (χ1v) is 6.40. The molecule has 1 aromatic carbocycles. The lowest BCUT2D eigenvalue weighted by Crippen LogP contribution is -2.21. The minimum absolute atomic E-state index is 0.0201. The van der Waals surface area contributed by atoms with Crippen LogP contribution in [0.5, 0.6) is 0 Å². The molecule has 0 saturated carbocycles. The Balaban J connectivity index is 2.04. The fourth-order valence-corrected chi connectivity index (χ4v) is 1.86. The number of nitrogens with one attached hydrogen (secondary N) is 1. The molecule has 2 aromatic rings. The van der Waals surface area contributed by atoms with E-state index in [1.54, 1.807) is 0 Å². The third kappa shape index (κ3) is 3.56. The van der Waals surface area contributed by atoms with Crippen LogP contribution >= 0.6 is 0 Å². The normalized spacial score (nSPS) is 11.6. The SMILES string of the molecule is Cc1cc(F)cc(NCc2cnn(C(C)(C)C)c2)c1. The van der Waals surface area contributed by atoms with Crippen molar-refractivity contribution in [3.05, 3.63) is 47.5 Å². The Morgan fingerprint density at radius 2 is 2.00 bits per heavy atom. The summed E-state index contributed by atoms with van der Waals surface area (Å²) in [6, 6.07) is 4.95. The highest BCUT2D eigenvalue weighted by Crippen LogP contribution is 2.16. The number of hydrogen-bond donors (Lipinski definition) is 1. The molecular formula is C15H20FN3. The van der Waals surface area contributed by atoms with Crippen LogP contribution in [0.1, 0.15) is 31.9 Å². The van der Waals surface area contributed by atoms with E-state index in [0.717, 1.165) is 16.8 Å². The van der Waals surface area contributed by atoms with Gasteiger partial charge in [-0.2, -0.15) is 5.10 Å². The monoisotopic (exact) mass is 261 g/mol. The van der Waals surface area contributed by atoms with E-state index < -0.39 is 0 Å². The van der Waals surface area contributed by atoms with Gasteiger partial charge in [-0.1, -0.05) is 0 Å². The van der Waals surface area contributed by atoms with Crippen LogP contribution in [0.15, 0.2) is 30.6 Å². The fourth-order valence-electron chi connectivity index (χ4n) is 1.86. The van der Waals surface area contributed by atoms with Gasteiger partial charge in [0.15, 0.2) is 0 Å². The number of aromatic nitrogens is 2. The number of rotatable bonds is 3. The molecule has 1 aromatic heterocycles. The van der Waals surface area contributed by atoms with Crippen LogP contribution in [0, 0.1) is 12.7 Å². The van der Waals surface area contributed by atoms with Crippen LogP contribution in [-0.2, 0) is 12.1 Å². The first-order chi connectivity index (χ1) is 8.84. The van der Waals surface area contributed by atoms with Crippen molar-refractivity contribution in [3.63, 3.8) is 0 Å². The van der Waals surface area contributed by atoms with Crippen LogP contribution in [0.4, 0.5) is 10.1 Å². The topological polar surface area (TPSA) is 29.9 Å². The minimum atomic E-state index is -0.215. The summed E-state index contributed by atoms with van der Waals surface area (Å²) in [5.41, 5.74) is 2.76. The summed E-state index contributed by atoms with van der Waals surface area (Å²) in [7, 11) is 0. The minimum Gasteiger partial charge on any atom is -0.381 e. The molecular weight excluding hydrogens is 241 g/mol. The Hall–Kier alpha value is -1.84. The molecule has 1 N–H and O–H groups in total. The smallest absolute Gasteiger partial charge is 0.125 e. The first kappa shape index (κ1) is 13.6. The zero-order valence-corrected chi connectivity index (χ0v) is 11.9. The number of anilines is 1. The van der Waals surface area contributed by atoms with E-state index >= 15 is 0 Å². The van der Waals surface area contributed by atoms with Crippen molar-refractivity contribution in [1.82, 2.24) is 9.78 Å². The molecule has 4 heteroatoms. The summed E-state index contributed by atoms with van der Waals surface area (Å²) in [5, 5.41) is 7.55. The van der Waals surface area contributed by atoms with Crippen molar-refractivity contribution < 1.29 is 4.39 Å². The van der Waals surface area contributed by atoms with Gasteiger partial charge in [-0.3, -0.25) is 4.68 Å². The van der Waals surface area contributed by atoms with Gasteiger partial charge < -0.3 is 5.32 Å². The van der Waals surface area contributed by atoms with E-state index in [1.807, 2.05) is 30.1 Å². The predicted molar refractivity (Wildman–Crippen MR) is 75.7 cm³/mol. The molecule has 0 fully saturated rings. The van der Waals surface area contributed by atoms with Gasteiger partial charge in [-0.25, -0.2) is 4.39 Å². The largest absolute Gasteiger partial charge is 0.381 e. The molecule has 102 valence electrons. The van der Waals surface area contributed by atoms with E-state index in [4.69, 9.17) is 0 Å². The molecule has 0 bridgehead atoms. The first-order valence-electron chi connectivity index (χ1n) is 6.40. The Morgan fingerprint density at radius 3 is 2.58 bits per heavy atom. The van der Waals surface area contributed by atoms with Crippen molar-refractivity contribution in [1.29, 1.82) is 0 Å². The van der Waals surface area contributed by atoms with Crippen LogP contribution in [0.2, 0.25) is 0 Å². The molecule has 0 spiro atoms. The molecule has 1 heterocycles. The molecule has 0 aliphatic rings. The third-order valence-corrected chi connectivity index (χ3v) is 2.86. The van der Waals surface area contributed by atoms with Crippen molar-refractivity contribution >= 4 is 5.69 Å². The quantitative estimate of drug-likeness (QED) is 0.913. The van der Waals surface area contributed by atoms with Gasteiger partial charge in [0, 0.05) is 24.0 Å². The van der Waals surface area contributed by atoms with E-state index in [9.17, 15) is 4.39 Å². The van der Waals surface area contributed by atoms with Gasteiger partial charge in [0.05, 0.1) is 11.7 Å². The van der Waals surface area contributed by atoms with Gasteiger partial charge in [0.1, 0.15) is 5.82 Å². The van der Waals surface area contributed by atoms with Crippen molar-refractivity contribution in [3.8, 4) is 0 Å². The summed E-state index contributed by atoms with van der Waals surface area (Å²) < 4.78 is 15.2. The maximum atomic E-state index is 13.3. The number of hydrogen-bond acceptors (Lipinski definition) is 2. The summed E-state index contributed by atoms with van der Waals surface area (Å²) in [6.07, 6.45) is 3.85. The van der Waals surface area contributed by atoms with Gasteiger partial charge in [0.25, 0.3) is 0 Å². The molecule has 0 saturated heterocycles. The second kappa shape index (κ2) is 5.03. The summed E-state index contributed by atoms with van der Waals surface area (Å²) >= 11 is 0. The zero-order chi connectivity index (χ0) is 14.0. The standard InChI is InChI=1S/C15H20FN3/c1-11-5-13(16)7-14(6-11)17-8-12-9-18-19(10-12)15(2,3)4/h5-7,9-10,17H,8H2,1-4H3. The second-order valence-electron chi connectivity index (χ2n) is 5.83. The van der Waals surface area contributed by atoms with Gasteiger partial charge >= 0.3 is 0 Å². The fraction of sp³-hybridized carbons (Fsp3) is 0.400. The Kier molecular flexibility index (Phi) is 3.60. The highest BCUT2D eigenvalue weighted by atomic mass is 19.1. The number of benzene rings is 1. The molecule has 0 aliphatic heterocycles. The second-order valence-corrected chi connectivity index (χ2v) is 5.83. The van der Waals surface area contributed by atoms with Crippen LogP contribution < -0.4 is 5.32 Å². The van der Waals surface area contributed by atoms with E-state index in [1.165, 1.54) is 12.1 Å². The molecule has 0 atom stereocenters. The molecule has 0 amide bonds. The van der Waals surface area contributed by atoms with Gasteiger partial charge in [0.2, 0.25) is 0 Å². The summed E-state index contributed by atoms with van der Waals surface area (Å²) in [6.45, 7) is 8.83. The lowest BCUT2D eigenvalue weighted by molar-refractivity contribution is 0.355. The summed E-state index contributed by atoms with van der Waals surface area (Å²) in [4.78, 5) is 0.